The highest BCUT2D eigenvalue weighted by Gasteiger charge is 2.16. The van der Waals surface area contributed by atoms with Gasteiger partial charge in [0.15, 0.2) is 5.15 Å². The maximum atomic E-state index is 10.9. The summed E-state index contributed by atoms with van der Waals surface area (Å²) in [6.07, 6.45) is 2.37. The molecule has 0 spiro atoms. The van der Waals surface area contributed by atoms with E-state index in [0.717, 1.165) is 12.8 Å². The van der Waals surface area contributed by atoms with Gasteiger partial charge in [0.1, 0.15) is 11.9 Å². The van der Waals surface area contributed by atoms with Gasteiger partial charge in [0.25, 0.3) is 0 Å². The molecule has 1 aromatic rings. The monoisotopic (exact) mass is 243 g/mol. The Morgan fingerprint density at radius 1 is 1.56 bits per heavy atom. The lowest BCUT2D eigenvalue weighted by Gasteiger charge is -2.13. The van der Waals surface area contributed by atoms with Crippen molar-refractivity contribution < 1.29 is 9.90 Å². The molecule has 1 atom stereocenters. The molecular formula is C10H14ClN3O2. The van der Waals surface area contributed by atoms with Gasteiger partial charge in [-0.2, -0.15) is 0 Å². The van der Waals surface area contributed by atoms with Crippen LogP contribution >= 0.6 is 11.6 Å². The Hall–Kier alpha value is -1.36. The van der Waals surface area contributed by atoms with E-state index in [4.69, 9.17) is 16.7 Å². The first kappa shape index (κ1) is 12.7. The van der Waals surface area contributed by atoms with E-state index in [9.17, 15) is 4.79 Å². The predicted molar refractivity (Wildman–Crippen MR) is 61.6 cm³/mol. The Morgan fingerprint density at radius 2 is 2.31 bits per heavy atom. The van der Waals surface area contributed by atoms with Crippen molar-refractivity contribution in [3.63, 3.8) is 0 Å². The summed E-state index contributed by atoms with van der Waals surface area (Å²) in [6.45, 7) is 2.01. The van der Waals surface area contributed by atoms with Crippen molar-refractivity contribution in [3.8, 4) is 0 Å². The molecule has 0 aliphatic heterocycles. The van der Waals surface area contributed by atoms with E-state index >= 15 is 0 Å². The Kier molecular flexibility index (Phi) is 4.98. The third kappa shape index (κ3) is 4.02. The summed E-state index contributed by atoms with van der Waals surface area (Å²) in [5, 5.41) is 19.5. The van der Waals surface area contributed by atoms with Crippen LogP contribution < -0.4 is 5.32 Å². The number of carboxylic acid groups (broad SMARTS) is 1. The zero-order valence-electron chi connectivity index (χ0n) is 8.98. The Morgan fingerprint density at radius 3 is 2.81 bits per heavy atom. The maximum Gasteiger partial charge on any atom is 0.326 e. The van der Waals surface area contributed by atoms with Gasteiger partial charge < -0.3 is 10.4 Å². The summed E-state index contributed by atoms with van der Waals surface area (Å²) in [5.74, 6) is -0.460. The van der Waals surface area contributed by atoms with E-state index in [1.165, 1.54) is 0 Å². The third-order valence-electron chi connectivity index (χ3n) is 2.10. The average molecular weight is 244 g/mol. The fourth-order valence-electron chi connectivity index (χ4n) is 1.24. The number of aromatic nitrogens is 2. The number of carboxylic acids is 1. The number of hydrogen-bond donors (Lipinski definition) is 2. The van der Waals surface area contributed by atoms with Gasteiger partial charge >= 0.3 is 5.97 Å². The van der Waals surface area contributed by atoms with Crippen LogP contribution in [0.1, 0.15) is 26.2 Å². The molecule has 0 radical (unpaired) electrons. The number of unbranched alkanes of at least 4 members (excludes halogenated alkanes) is 1. The summed E-state index contributed by atoms with van der Waals surface area (Å²) < 4.78 is 0. The smallest absolute Gasteiger partial charge is 0.326 e. The summed E-state index contributed by atoms with van der Waals surface area (Å²) in [5.41, 5.74) is 0. The van der Waals surface area contributed by atoms with Crippen LogP contribution in [0.5, 0.6) is 0 Å². The lowest BCUT2D eigenvalue weighted by atomic mass is 10.1. The molecule has 0 bridgehead atoms. The van der Waals surface area contributed by atoms with Crippen LogP contribution in [0.25, 0.3) is 0 Å². The highest BCUT2D eigenvalue weighted by Crippen LogP contribution is 2.10. The Bertz CT molecular complexity index is 342. The zero-order chi connectivity index (χ0) is 12.0. The van der Waals surface area contributed by atoms with Crippen LogP contribution in [0.3, 0.4) is 0 Å². The number of hydrogen-bond acceptors (Lipinski definition) is 4. The minimum atomic E-state index is -0.884. The topological polar surface area (TPSA) is 75.1 Å². The summed E-state index contributed by atoms with van der Waals surface area (Å²) >= 11 is 5.58. The van der Waals surface area contributed by atoms with Crippen molar-refractivity contribution in [2.24, 2.45) is 0 Å². The molecule has 1 heterocycles. The van der Waals surface area contributed by atoms with Crippen molar-refractivity contribution in [2.45, 2.75) is 32.2 Å². The number of rotatable bonds is 6. The van der Waals surface area contributed by atoms with Crippen LogP contribution in [-0.2, 0) is 4.79 Å². The number of halogens is 1. The second-order valence-corrected chi connectivity index (χ2v) is 3.81. The molecule has 0 aromatic carbocycles. The van der Waals surface area contributed by atoms with E-state index in [1.807, 2.05) is 6.92 Å². The predicted octanol–water partition coefficient (Wildman–Crippen LogP) is 2.19. The second kappa shape index (κ2) is 6.27. The number of carbonyl (C=O) groups is 1. The number of anilines is 1. The molecule has 0 aliphatic rings. The maximum absolute atomic E-state index is 10.9. The van der Waals surface area contributed by atoms with Gasteiger partial charge in [-0.15, -0.1) is 10.2 Å². The molecule has 1 unspecified atom stereocenters. The molecule has 2 N–H and O–H groups in total. The van der Waals surface area contributed by atoms with E-state index in [1.54, 1.807) is 12.1 Å². The van der Waals surface area contributed by atoms with E-state index in [2.05, 4.69) is 15.5 Å². The second-order valence-electron chi connectivity index (χ2n) is 3.42. The molecule has 0 aliphatic carbocycles. The molecule has 0 amide bonds. The molecule has 0 saturated heterocycles. The van der Waals surface area contributed by atoms with E-state index in [-0.39, 0.29) is 5.15 Å². The molecule has 1 rings (SSSR count). The van der Waals surface area contributed by atoms with Gasteiger partial charge in [-0.25, -0.2) is 4.79 Å². The van der Waals surface area contributed by atoms with E-state index in [0.29, 0.717) is 12.2 Å². The molecule has 0 saturated carbocycles. The van der Waals surface area contributed by atoms with E-state index < -0.39 is 12.0 Å². The Labute approximate surface area is 98.8 Å². The number of aliphatic carboxylic acids is 1. The molecule has 88 valence electrons. The molecule has 16 heavy (non-hydrogen) atoms. The summed E-state index contributed by atoms with van der Waals surface area (Å²) in [6, 6.07) is 2.54. The molecular weight excluding hydrogens is 230 g/mol. The molecule has 6 heteroatoms. The van der Waals surface area contributed by atoms with Gasteiger partial charge in [0, 0.05) is 0 Å². The first-order valence-electron chi connectivity index (χ1n) is 5.12. The van der Waals surface area contributed by atoms with Crippen LogP contribution in [0, 0.1) is 0 Å². The fraction of sp³-hybridized carbons (Fsp3) is 0.500. The molecule has 0 fully saturated rings. The standard InChI is InChI=1S/C10H14ClN3O2/c1-2-3-4-7(10(15)16)12-9-6-5-8(11)13-14-9/h5-7H,2-4H2,1H3,(H,12,14)(H,15,16). The third-order valence-corrected chi connectivity index (χ3v) is 2.30. The molecule has 1 aromatic heterocycles. The van der Waals surface area contributed by atoms with Crippen molar-refractivity contribution in [1.29, 1.82) is 0 Å². The van der Waals surface area contributed by atoms with Crippen LogP contribution in [0.2, 0.25) is 5.15 Å². The van der Waals surface area contributed by atoms with Crippen LogP contribution in [-0.4, -0.2) is 27.3 Å². The van der Waals surface area contributed by atoms with Crippen molar-refractivity contribution in [3.05, 3.63) is 17.3 Å². The minimum absolute atomic E-state index is 0.283. The van der Waals surface area contributed by atoms with Crippen molar-refractivity contribution in [2.75, 3.05) is 5.32 Å². The van der Waals surface area contributed by atoms with Crippen LogP contribution in [0.4, 0.5) is 5.82 Å². The van der Waals surface area contributed by atoms with Gasteiger partial charge in [-0.3, -0.25) is 0 Å². The number of nitrogens with zero attached hydrogens (tertiary/aromatic N) is 2. The van der Waals surface area contributed by atoms with Crippen molar-refractivity contribution in [1.82, 2.24) is 10.2 Å². The quantitative estimate of drug-likeness (QED) is 0.801. The lowest BCUT2D eigenvalue weighted by Crippen LogP contribution is -2.29. The van der Waals surface area contributed by atoms with Gasteiger partial charge in [-0.1, -0.05) is 31.4 Å². The summed E-state index contributed by atoms with van der Waals surface area (Å²) in [7, 11) is 0. The lowest BCUT2D eigenvalue weighted by molar-refractivity contribution is -0.138. The number of nitrogens with one attached hydrogen (secondary N) is 1. The first-order valence-corrected chi connectivity index (χ1v) is 5.50. The molecule has 5 nitrogen and oxygen atoms in total. The van der Waals surface area contributed by atoms with Gasteiger partial charge in [-0.05, 0) is 18.6 Å². The van der Waals surface area contributed by atoms with Crippen LogP contribution in [0.15, 0.2) is 12.1 Å². The average Bonchev–Trinajstić information content (AvgIpc) is 2.26. The fourth-order valence-corrected chi connectivity index (χ4v) is 1.34. The van der Waals surface area contributed by atoms with Gasteiger partial charge in [0.05, 0.1) is 0 Å². The zero-order valence-corrected chi connectivity index (χ0v) is 9.74. The van der Waals surface area contributed by atoms with Gasteiger partial charge in [0.2, 0.25) is 0 Å². The minimum Gasteiger partial charge on any atom is -0.480 e. The first-order chi connectivity index (χ1) is 7.63. The highest BCUT2D eigenvalue weighted by atomic mass is 35.5. The Balaban J connectivity index is 2.60. The largest absolute Gasteiger partial charge is 0.480 e. The summed E-state index contributed by atoms with van der Waals surface area (Å²) in [4.78, 5) is 10.9. The normalized spacial score (nSPS) is 12.1. The van der Waals surface area contributed by atoms with Crippen molar-refractivity contribution >= 4 is 23.4 Å². The SMILES string of the molecule is CCCCC(Nc1ccc(Cl)nn1)C(=O)O. The highest BCUT2D eigenvalue weighted by molar-refractivity contribution is 6.29.